The van der Waals surface area contributed by atoms with E-state index in [1.54, 1.807) is 18.3 Å². The summed E-state index contributed by atoms with van der Waals surface area (Å²) in [5.74, 6) is -0.434. The fourth-order valence-electron chi connectivity index (χ4n) is 2.07. The van der Waals surface area contributed by atoms with Gasteiger partial charge in [-0.25, -0.2) is 4.98 Å². The number of nitrogens with two attached hydrogens (primary N) is 1. The number of primary amides is 1. The maximum Gasteiger partial charge on any atom is 0.248 e. The van der Waals surface area contributed by atoms with E-state index in [2.05, 4.69) is 9.97 Å². The lowest BCUT2D eigenvalue weighted by atomic mass is 10.1. The van der Waals surface area contributed by atoms with E-state index in [1.807, 2.05) is 36.7 Å². The predicted molar refractivity (Wildman–Crippen MR) is 84.0 cm³/mol. The summed E-state index contributed by atoms with van der Waals surface area (Å²) in [6.45, 7) is 2.03. The summed E-state index contributed by atoms with van der Waals surface area (Å²) < 4.78 is 0. The van der Waals surface area contributed by atoms with Gasteiger partial charge in [0.15, 0.2) is 0 Å². The fourth-order valence-corrected chi connectivity index (χ4v) is 2.88. The second kappa shape index (κ2) is 5.46. The molecule has 2 aromatic heterocycles. The zero-order valence-corrected chi connectivity index (χ0v) is 12.2. The van der Waals surface area contributed by atoms with Gasteiger partial charge in [0.05, 0.1) is 5.69 Å². The Kier molecular flexibility index (Phi) is 3.50. The molecule has 0 spiro atoms. The monoisotopic (exact) mass is 295 g/mol. The first-order chi connectivity index (χ1) is 10.1. The molecule has 104 valence electrons. The zero-order chi connectivity index (χ0) is 14.8. The summed E-state index contributed by atoms with van der Waals surface area (Å²) in [4.78, 5) is 20.0. The van der Waals surface area contributed by atoms with E-state index in [-0.39, 0.29) is 0 Å². The van der Waals surface area contributed by atoms with Gasteiger partial charge in [-0.05, 0) is 30.7 Å². The highest BCUT2D eigenvalue weighted by atomic mass is 32.1. The first-order valence-corrected chi connectivity index (χ1v) is 7.30. The van der Waals surface area contributed by atoms with Crippen LogP contribution < -0.4 is 5.73 Å². The van der Waals surface area contributed by atoms with Crippen LogP contribution in [0.25, 0.3) is 21.8 Å². The van der Waals surface area contributed by atoms with Gasteiger partial charge >= 0.3 is 0 Å². The number of carbonyl (C=O) groups excluding carboxylic acids is 1. The van der Waals surface area contributed by atoms with Crippen LogP contribution in [0.5, 0.6) is 0 Å². The first kappa shape index (κ1) is 13.5. The second-order valence-corrected chi connectivity index (χ2v) is 5.53. The summed E-state index contributed by atoms with van der Waals surface area (Å²) in [7, 11) is 0. The molecule has 21 heavy (non-hydrogen) atoms. The minimum absolute atomic E-state index is 0.434. The highest BCUT2D eigenvalue weighted by Gasteiger charge is 2.10. The van der Waals surface area contributed by atoms with Crippen molar-refractivity contribution < 1.29 is 4.79 Å². The number of hydrogen-bond acceptors (Lipinski definition) is 4. The van der Waals surface area contributed by atoms with Crippen molar-refractivity contribution in [3.05, 3.63) is 59.2 Å². The van der Waals surface area contributed by atoms with Crippen LogP contribution >= 0.6 is 11.3 Å². The van der Waals surface area contributed by atoms with E-state index in [4.69, 9.17) is 5.73 Å². The Morgan fingerprint density at radius 1 is 1.29 bits per heavy atom. The minimum Gasteiger partial charge on any atom is -0.366 e. The average molecular weight is 295 g/mol. The van der Waals surface area contributed by atoms with Crippen molar-refractivity contribution >= 4 is 17.2 Å². The molecule has 0 atom stereocenters. The molecule has 2 N–H and O–H groups in total. The van der Waals surface area contributed by atoms with E-state index < -0.39 is 5.91 Å². The van der Waals surface area contributed by atoms with Crippen LogP contribution in [0.2, 0.25) is 0 Å². The predicted octanol–water partition coefficient (Wildman–Crippen LogP) is 3.28. The smallest absolute Gasteiger partial charge is 0.248 e. The number of rotatable bonds is 3. The summed E-state index contributed by atoms with van der Waals surface area (Å²) in [6, 6.07) is 9.16. The highest BCUT2D eigenvalue weighted by molar-refractivity contribution is 7.13. The summed E-state index contributed by atoms with van der Waals surface area (Å²) >= 11 is 1.54. The van der Waals surface area contributed by atoms with Gasteiger partial charge in [0, 0.05) is 34.5 Å². The Morgan fingerprint density at radius 3 is 2.90 bits per heavy atom. The number of thiazole rings is 1. The number of carbonyl (C=O) groups is 1. The lowest BCUT2D eigenvalue weighted by Gasteiger charge is -2.01. The standard InChI is InChI=1S/C16H13N3OS/c1-10-5-6-18-8-13(10)14-9-21-16(19-14)12-4-2-3-11(7-12)15(17)20/h2-9H,1H3,(H2,17,20). The third-order valence-corrected chi connectivity index (χ3v) is 4.10. The third kappa shape index (κ3) is 2.68. The maximum atomic E-state index is 11.3. The molecule has 0 unspecified atom stereocenters. The molecule has 3 rings (SSSR count). The van der Waals surface area contributed by atoms with Crippen LogP contribution in [0.4, 0.5) is 0 Å². The van der Waals surface area contributed by atoms with E-state index in [0.29, 0.717) is 5.56 Å². The number of aryl methyl sites for hydroxylation is 1. The highest BCUT2D eigenvalue weighted by Crippen LogP contribution is 2.30. The Bertz CT molecular complexity index is 811. The quantitative estimate of drug-likeness (QED) is 0.806. The molecule has 0 bridgehead atoms. The molecule has 3 aromatic rings. The number of pyridine rings is 1. The van der Waals surface area contributed by atoms with Gasteiger partial charge in [0.1, 0.15) is 5.01 Å². The molecule has 0 saturated carbocycles. The molecule has 5 heteroatoms. The van der Waals surface area contributed by atoms with Gasteiger partial charge < -0.3 is 5.73 Å². The lowest BCUT2D eigenvalue weighted by Crippen LogP contribution is -2.10. The number of amides is 1. The first-order valence-electron chi connectivity index (χ1n) is 6.42. The molecule has 0 aliphatic carbocycles. The molecule has 0 aliphatic rings. The largest absolute Gasteiger partial charge is 0.366 e. The van der Waals surface area contributed by atoms with Gasteiger partial charge in [0.25, 0.3) is 0 Å². The average Bonchev–Trinajstić information content (AvgIpc) is 2.97. The molecule has 1 aromatic carbocycles. The molecule has 2 heterocycles. The van der Waals surface area contributed by atoms with E-state index in [9.17, 15) is 4.79 Å². The summed E-state index contributed by atoms with van der Waals surface area (Å²) in [5.41, 5.74) is 9.74. The van der Waals surface area contributed by atoms with Crippen molar-refractivity contribution in [1.29, 1.82) is 0 Å². The van der Waals surface area contributed by atoms with Gasteiger partial charge in [0.2, 0.25) is 5.91 Å². The lowest BCUT2D eigenvalue weighted by molar-refractivity contribution is 0.100. The van der Waals surface area contributed by atoms with Gasteiger partial charge in [-0.3, -0.25) is 9.78 Å². The second-order valence-electron chi connectivity index (χ2n) is 4.67. The number of hydrogen-bond donors (Lipinski definition) is 1. The number of benzene rings is 1. The Hall–Kier alpha value is -2.53. The van der Waals surface area contributed by atoms with Crippen molar-refractivity contribution in [1.82, 2.24) is 9.97 Å². The minimum atomic E-state index is -0.434. The van der Waals surface area contributed by atoms with E-state index in [1.165, 1.54) is 11.3 Å². The van der Waals surface area contributed by atoms with Crippen molar-refractivity contribution in [3.63, 3.8) is 0 Å². The Morgan fingerprint density at radius 2 is 2.14 bits per heavy atom. The normalized spacial score (nSPS) is 10.5. The summed E-state index contributed by atoms with van der Waals surface area (Å²) in [6.07, 6.45) is 3.58. The number of aromatic nitrogens is 2. The molecule has 0 saturated heterocycles. The molecule has 0 radical (unpaired) electrons. The maximum absolute atomic E-state index is 11.3. The van der Waals surface area contributed by atoms with Crippen LogP contribution in [0.15, 0.2) is 48.1 Å². The van der Waals surface area contributed by atoms with E-state index in [0.717, 1.165) is 27.4 Å². The van der Waals surface area contributed by atoms with Gasteiger partial charge in [-0.2, -0.15) is 0 Å². The van der Waals surface area contributed by atoms with Crippen LogP contribution in [0, 0.1) is 6.92 Å². The molecule has 1 amide bonds. The molecule has 0 fully saturated rings. The SMILES string of the molecule is Cc1ccncc1-c1csc(-c2cccc(C(N)=O)c2)n1. The molecular weight excluding hydrogens is 282 g/mol. The van der Waals surface area contributed by atoms with Crippen LogP contribution in [-0.4, -0.2) is 15.9 Å². The van der Waals surface area contributed by atoms with Crippen molar-refractivity contribution in [2.75, 3.05) is 0 Å². The molecular formula is C16H13N3OS. The Balaban J connectivity index is 2.01. The fraction of sp³-hybridized carbons (Fsp3) is 0.0625. The zero-order valence-electron chi connectivity index (χ0n) is 11.4. The summed E-state index contributed by atoms with van der Waals surface area (Å²) in [5, 5.41) is 2.85. The van der Waals surface area contributed by atoms with Crippen molar-refractivity contribution in [2.45, 2.75) is 6.92 Å². The van der Waals surface area contributed by atoms with Crippen molar-refractivity contribution in [2.24, 2.45) is 5.73 Å². The number of nitrogens with zero attached hydrogens (tertiary/aromatic N) is 2. The Labute approximate surface area is 126 Å². The molecule has 4 nitrogen and oxygen atoms in total. The van der Waals surface area contributed by atoms with Crippen LogP contribution in [-0.2, 0) is 0 Å². The van der Waals surface area contributed by atoms with E-state index >= 15 is 0 Å². The topological polar surface area (TPSA) is 68.9 Å². The van der Waals surface area contributed by atoms with Gasteiger partial charge in [-0.1, -0.05) is 12.1 Å². The van der Waals surface area contributed by atoms with Gasteiger partial charge in [-0.15, -0.1) is 11.3 Å². The third-order valence-electron chi connectivity index (χ3n) is 3.21. The van der Waals surface area contributed by atoms with Crippen molar-refractivity contribution in [3.8, 4) is 21.8 Å². The molecule has 0 aliphatic heterocycles. The van der Waals surface area contributed by atoms with Crippen LogP contribution in [0.1, 0.15) is 15.9 Å². The van der Waals surface area contributed by atoms with Crippen LogP contribution in [0.3, 0.4) is 0 Å².